The molecule has 3 atom stereocenters. The van der Waals surface area contributed by atoms with E-state index in [-0.39, 0.29) is 23.2 Å². The van der Waals surface area contributed by atoms with E-state index >= 15 is 0 Å². The Kier molecular flexibility index (Phi) is 7.04. The second kappa shape index (κ2) is 9.04. The Morgan fingerprint density at radius 3 is 3.00 bits per heavy atom. The Balaban J connectivity index is 2.13. The molecule has 0 aromatic heterocycles. The molecule has 3 nitrogen and oxygen atoms in total. The molecule has 2 aliphatic rings. The summed E-state index contributed by atoms with van der Waals surface area (Å²) in [6, 6.07) is 0. The number of carbonyl (C=O) groups is 1. The van der Waals surface area contributed by atoms with Crippen molar-refractivity contribution in [2.75, 3.05) is 13.2 Å². The van der Waals surface area contributed by atoms with Crippen LogP contribution in [0.25, 0.3) is 0 Å². The third-order valence-electron chi connectivity index (χ3n) is 4.30. The van der Waals surface area contributed by atoms with Crippen molar-refractivity contribution < 1.29 is 9.53 Å². The van der Waals surface area contributed by atoms with E-state index in [4.69, 9.17) is 16.3 Å². The van der Waals surface area contributed by atoms with Crippen LogP contribution < -0.4 is 5.32 Å². The lowest BCUT2D eigenvalue weighted by Crippen LogP contribution is -2.46. The molecule has 0 amide bonds. The van der Waals surface area contributed by atoms with Gasteiger partial charge in [0.05, 0.1) is 17.9 Å². The van der Waals surface area contributed by atoms with E-state index in [2.05, 4.69) is 23.5 Å². The van der Waals surface area contributed by atoms with E-state index < -0.39 is 0 Å². The number of fused-ring (bicyclic) bond motifs is 1. The van der Waals surface area contributed by atoms with Gasteiger partial charge in [-0.05, 0) is 32.3 Å². The highest BCUT2D eigenvalue weighted by Gasteiger charge is 2.39. The molecule has 0 aromatic rings. The van der Waals surface area contributed by atoms with E-state index in [0.717, 1.165) is 25.0 Å². The Morgan fingerprint density at radius 2 is 2.18 bits per heavy atom. The minimum Gasteiger partial charge on any atom is -0.466 e. The summed E-state index contributed by atoms with van der Waals surface area (Å²) >= 11 is 6.66. The highest BCUT2D eigenvalue weighted by atomic mass is 35.5. The lowest BCUT2D eigenvalue weighted by Gasteiger charge is -2.36. The van der Waals surface area contributed by atoms with E-state index in [1.54, 1.807) is 0 Å². The minimum absolute atomic E-state index is 0.182. The van der Waals surface area contributed by atoms with Crippen molar-refractivity contribution >= 4 is 17.6 Å². The normalized spacial score (nSPS) is 29.4. The molecule has 0 saturated carbocycles. The van der Waals surface area contributed by atoms with Crippen LogP contribution >= 0.6 is 11.6 Å². The number of hydrogen-bond acceptors (Lipinski definition) is 3. The third-order valence-corrected chi connectivity index (χ3v) is 4.91. The van der Waals surface area contributed by atoms with Gasteiger partial charge in [-0.2, -0.15) is 0 Å². The van der Waals surface area contributed by atoms with Gasteiger partial charge in [0.1, 0.15) is 0 Å². The summed E-state index contributed by atoms with van der Waals surface area (Å²) in [5.74, 6) is -0.253. The van der Waals surface area contributed by atoms with Gasteiger partial charge in [-0.3, -0.25) is 4.79 Å². The third kappa shape index (κ3) is 4.64. The zero-order valence-electron chi connectivity index (χ0n) is 13.3. The van der Waals surface area contributed by atoms with Gasteiger partial charge in [0.2, 0.25) is 0 Å². The summed E-state index contributed by atoms with van der Waals surface area (Å²) in [6.45, 7) is 2.79. The largest absolute Gasteiger partial charge is 0.466 e. The zero-order chi connectivity index (χ0) is 15.8. The molecule has 1 fully saturated rings. The fourth-order valence-corrected chi connectivity index (χ4v) is 3.54. The first-order chi connectivity index (χ1) is 10.7. The molecule has 0 spiro atoms. The minimum atomic E-state index is -0.263. The summed E-state index contributed by atoms with van der Waals surface area (Å²) in [5, 5.41) is 3.20. The second-order valence-electron chi connectivity index (χ2n) is 5.86. The van der Waals surface area contributed by atoms with E-state index in [0.29, 0.717) is 13.2 Å². The van der Waals surface area contributed by atoms with Crippen LogP contribution in [0.15, 0.2) is 36.1 Å². The summed E-state index contributed by atoms with van der Waals surface area (Å²) < 4.78 is 5.16. The van der Waals surface area contributed by atoms with Crippen LogP contribution in [0.4, 0.5) is 0 Å². The van der Waals surface area contributed by atoms with Crippen molar-refractivity contribution in [2.24, 2.45) is 11.8 Å². The number of allylic oxidation sites excluding steroid dienone is 6. The average molecular weight is 324 g/mol. The van der Waals surface area contributed by atoms with E-state index in [9.17, 15) is 4.79 Å². The molecule has 22 heavy (non-hydrogen) atoms. The number of rotatable bonds is 2. The number of esters is 1. The van der Waals surface area contributed by atoms with Gasteiger partial charge < -0.3 is 10.1 Å². The van der Waals surface area contributed by atoms with E-state index in [1.165, 1.54) is 12.8 Å². The number of alkyl halides is 1. The van der Waals surface area contributed by atoms with Gasteiger partial charge in [0, 0.05) is 18.2 Å². The van der Waals surface area contributed by atoms with Gasteiger partial charge in [-0.1, -0.05) is 37.1 Å². The second-order valence-corrected chi connectivity index (χ2v) is 6.37. The lowest BCUT2D eigenvalue weighted by atomic mass is 9.83. The number of carbonyl (C=O) groups excluding carboxylic acids is 1. The number of piperidine rings is 1. The first-order valence-electron chi connectivity index (χ1n) is 8.32. The maximum absolute atomic E-state index is 12.1. The Morgan fingerprint density at radius 1 is 1.32 bits per heavy atom. The molecule has 0 radical (unpaired) electrons. The average Bonchev–Trinajstić information content (AvgIpc) is 2.49. The molecule has 1 aliphatic carbocycles. The van der Waals surface area contributed by atoms with Crippen LogP contribution in [0.5, 0.6) is 0 Å². The standard InChI is InChI=1S/C18H26ClNO2/c1-2-22-18(21)15-13-20-16-12-10-8-6-4-3-5-7-9-11-14(16)17(15)19/h4,6,8,10,12,14-15,17,20H,2-3,5,7,9,11,13H2,1H3. The summed E-state index contributed by atoms with van der Waals surface area (Å²) in [5.41, 5.74) is 1.14. The van der Waals surface area contributed by atoms with Gasteiger partial charge in [0.15, 0.2) is 0 Å². The molecular formula is C18H26ClNO2. The fraction of sp³-hybridized carbons (Fsp3) is 0.611. The molecule has 122 valence electrons. The fourth-order valence-electron chi connectivity index (χ4n) is 3.08. The van der Waals surface area contributed by atoms with E-state index in [1.807, 2.05) is 19.1 Å². The topological polar surface area (TPSA) is 38.3 Å². The highest BCUT2D eigenvalue weighted by molar-refractivity contribution is 6.22. The number of halogens is 1. The molecular weight excluding hydrogens is 298 g/mol. The Hall–Kier alpha value is -1.22. The van der Waals surface area contributed by atoms with Gasteiger partial charge in [-0.15, -0.1) is 11.6 Å². The maximum Gasteiger partial charge on any atom is 0.312 e. The van der Waals surface area contributed by atoms with Gasteiger partial charge >= 0.3 is 5.97 Å². The monoisotopic (exact) mass is 323 g/mol. The van der Waals surface area contributed by atoms with Crippen LogP contribution in [0, 0.1) is 11.8 Å². The van der Waals surface area contributed by atoms with Crippen LogP contribution in [-0.4, -0.2) is 24.5 Å². The van der Waals surface area contributed by atoms with Crippen LogP contribution in [0.2, 0.25) is 0 Å². The Bertz CT molecular complexity index is 456. The SMILES string of the molecule is CCOC(=O)C1CNC2=CC=CC=CCCCCCC2C1Cl. The van der Waals surface area contributed by atoms with Crippen LogP contribution in [-0.2, 0) is 9.53 Å². The molecule has 1 heterocycles. The molecule has 1 saturated heterocycles. The number of hydrogen-bond donors (Lipinski definition) is 1. The smallest absolute Gasteiger partial charge is 0.312 e. The molecule has 0 aromatic carbocycles. The summed E-state index contributed by atoms with van der Waals surface area (Å²) in [7, 11) is 0. The van der Waals surface area contributed by atoms with Crippen molar-refractivity contribution in [3.8, 4) is 0 Å². The van der Waals surface area contributed by atoms with Crippen molar-refractivity contribution in [2.45, 2.75) is 44.4 Å². The zero-order valence-corrected chi connectivity index (χ0v) is 14.0. The van der Waals surface area contributed by atoms with Crippen LogP contribution in [0.3, 0.4) is 0 Å². The molecule has 4 heteroatoms. The molecule has 0 bridgehead atoms. The van der Waals surface area contributed by atoms with Crippen molar-refractivity contribution in [1.29, 1.82) is 0 Å². The summed E-state index contributed by atoms with van der Waals surface area (Å²) in [4.78, 5) is 12.1. The van der Waals surface area contributed by atoms with Gasteiger partial charge in [0.25, 0.3) is 0 Å². The molecule has 1 aliphatic heterocycles. The lowest BCUT2D eigenvalue weighted by molar-refractivity contribution is -0.148. The maximum atomic E-state index is 12.1. The molecule has 3 unspecified atom stereocenters. The molecule has 1 N–H and O–H groups in total. The van der Waals surface area contributed by atoms with Crippen molar-refractivity contribution in [3.05, 3.63) is 36.1 Å². The quantitative estimate of drug-likeness (QED) is 0.617. The first-order valence-corrected chi connectivity index (χ1v) is 8.75. The van der Waals surface area contributed by atoms with Gasteiger partial charge in [-0.25, -0.2) is 0 Å². The predicted molar refractivity (Wildman–Crippen MR) is 90.7 cm³/mol. The summed E-state index contributed by atoms with van der Waals surface area (Å²) in [6.07, 6.45) is 16.2. The number of nitrogens with one attached hydrogen (secondary N) is 1. The van der Waals surface area contributed by atoms with Crippen LogP contribution in [0.1, 0.15) is 39.0 Å². The number of ether oxygens (including phenoxy) is 1. The first kappa shape index (κ1) is 17.1. The molecule has 2 rings (SSSR count). The van der Waals surface area contributed by atoms with Crippen molar-refractivity contribution in [3.63, 3.8) is 0 Å². The van der Waals surface area contributed by atoms with Crippen molar-refractivity contribution in [1.82, 2.24) is 5.32 Å². The highest BCUT2D eigenvalue weighted by Crippen LogP contribution is 2.34. The predicted octanol–water partition coefficient (Wildman–Crippen LogP) is 3.95. The Labute approximate surface area is 138 Å².